The normalized spacial score (nSPS) is 10.6. The van der Waals surface area contributed by atoms with E-state index in [0.717, 1.165) is 12.1 Å². The average molecular weight is 268 g/mol. The molecule has 3 nitrogen and oxygen atoms in total. The van der Waals surface area contributed by atoms with E-state index in [9.17, 15) is 4.79 Å². The molecule has 0 atom stereocenters. The van der Waals surface area contributed by atoms with Crippen molar-refractivity contribution in [2.75, 3.05) is 11.1 Å². The molecule has 1 amide bonds. The van der Waals surface area contributed by atoms with Gasteiger partial charge in [0.15, 0.2) is 0 Å². The van der Waals surface area contributed by atoms with Crippen molar-refractivity contribution in [3.8, 4) is 0 Å². The van der Waals surface area contributed by atoms with Crippen LogP contribution in [0, 0.1) is 5.92 Å². The third-order valence-corrected chi connectivity index (χ3v) is 3.03. The van der Waals surface area contributed by atoms with E-state index in [2.05, 4.69) is 19.2 Å². The Labute approximate surface area is 119 Å². The van der Waals surface area contributed by atoms with Crippen molar-refractivity contribution in [2.24, 2.45) is 5.92 Å². The molecule has 0 aromatic heterocycles. The van der Waals surface area contributed by atoms with Crippen LogP contribution in [0.1, 0.15) is 29.8 Å². The van der Waals surface area contributed by atoms with Gasteiger partial charge in [0.05, 0.1) is 0 Å². The molecule has 0 aliphatic rings. The summed E-state index contributed by atoms with van der Waals surface area (Å²) in [6.45, 7) is 4.36. The summed E-state index contributed by atoms with van der Waals surface area (Å²) >= 11 is 0. The highest BCUT2D eigenvalue weighted by Gasteiger charge is 2.06. The molecule has 0 aliphatic heterocycles. The number of carbonyl (C=O) groups is 1. The Morgan fingerprint density at radius 3 is 2.20 bits per heavy atom. The zero-order valence-electron chi connectivity index (χ0n) is 11.9. The van der Waals surface area contributed by atoms with Gasteiger partial charge < -0.3 is 11.1 Å². The lowest BCUT2D eigenvalue weighted by Crippen LogP contribution is -2.11. The number of hydrogen-bond acceptors (Lipinski definition) is 2. The summed E-state index contributed by atoms with van der Waals surface area (Å²) in [7, 11) is 0. The lowest BCUT2D eigenvalue weighted by Gasteiger charge is -2.08. The molecule has 0 radical (unpaired) electrons. The fraction of sp³-hybridized carbons (Fsp3) is 0.235. The number of amides is 1. The molecular weight excluding hydrogens is 248 g/mol. The third kappa shape index (κ3) is 3.85. The maximum Gasteiger partial charge on any atom is 0.255 e. The predicted molar refractivity (Wildman–Crippen MR) is 83.8 cm³/mol. The van der Waals surface area contributed by atoms with Crippen LogP contribution >= 0.6 is 0 Å². The fourth-order valence-corrected chi connectivity index (χ4v) is 2.03. The van der Waals surface area contributed by atoms with Gasteiger partial charge in [0.2, 0.25) is 0 Å². The number of rotatable bonds is 4. The Bertz CT molecular complexity index is 571. The van der Waals surface area contributed by atoms with E-state index in [1.165, 1.54) is 5.56 Å². The molecule has 0 fully saturated rings. The molecular formula is C17H20N2O. The van der Waals surface area contributed by atoms with Crippen LogP contribution < -0.4 is 11.1 Å². The van der Waals surface area contributed by atoms with Crippen molar-refractivity contribution in [1.82, 2.24) is 0 Å². The second-order valence-corrected chi connectivity index (χ2v) is 5.37. The SMILES string of the molecule is CC(C)Cc1ccc(C(=O)Nc2ccc(N)cc2)cc1. The summed E-state index contributed by atoms with van der Waals surface area (Å²) in [4.78, 5) is 12.1. The topological polar surface area (TPSA) is 55.1 Å². The van der Waals surface area contributed by atoms with Crippen molar-refractivity contribution in [3.63, 3.8) is 0 Å². The molecule has 2 aromatic rings. The monoisotopic (exact) mass is 268 g/mol. The summed E-state index contributed by atoms with van der Waals surface area (Å²) in [5.41, 5.74) is 8.95. The Kier molecular flexibility index (Phi) is 4.41. The van der Waals surface area contributed by atoms with E-state index in [-0.39, 0.29) is 5.91 Å². The van der Waals surface area contributed by atoms with Gasteiger partial charge >= 0.3 is 0 Å². The third-order valence-electron chi connectivity index (χ3n) is 3.03. The van der Waals surface area contributed by atoms with Crippen LogP contribution in [0.3, 0.4) is 0 Å². The molecule has 0 saturated heterocycles. The summed E-state index contributed by atoms with van der Waals surface area (Å²) in [6.07, 6.45) is 1.03. The van der Waals surface area contributed by atoms with Gasteiger partial charge in [-0.3, -0.25) is 4.79 Å². The van der Waals surface area contributed by atoms with E-state index in [0.29, 0.717) is 17.2 Å². The first-order chi connectivity index (χ1) is 9.54. The van der Waals surface area contributed by atoms with Gasteiger partial charge in [-0.2, -0.15) is 0 Å². The molecule has 104 valence electrons. The first kappa shape index (κ1) is 14.1. The van der Waals surface area contributed by atoms with E-state index in [1.54, 1.807) is 24.3 Å². The summed E-state index contributed by atoms with van der Waals surface area (Å²) in [6, 6.07) is 14.9. The Hall–Kier alpha value is -2.29. The van der Waals surface area contributed by atoms with E-state index in [1.807, 2.05) is 24.3 Å². The molecule has 2 aromatic carbocycles. The molecule has 0 bridgehead atoms. The second-order valence-electron chi connectivity index (χ2n) is 5.37. The van der Waals surface area contributed by atoms with Crippen LogP contribution in [0.2, 0.25) is 0 Å². The number of nitrogens with two attached hydrogens (primary N) is 1. The number of carbonyl (C=O) groups excluding carboxylic acids is 1. The van der Waals surface area contributed by atoms with Gasteiger partial charge in [0.1, 0.15) is 0 Å². The summed E-state index contributed by atoms with van der Waals surface area (Å²) in [5.74, 6) is 0.510. The quantitative estimate of drug-likeness (QED) is 0.830. The lowest BCUT2D eigenvalue weighted by molar-refractivity contribution is 0.102. The van der Waals surface area contributed by atoms with Crippen molar-refractivity contribution >= 4 is 17.3 Å². The minimum Gasteiger partial charge on any atom is -0.399 e. The minimum absolute atomic E-state index is 0.106. The summed E-state index contributed by atoms with van der Waals surface area (Å²) < 4.78 is 0. The Balaban J connectivity index is 2.03. The van der Waals surface area contributed by atoms with Crippen LogP contribution in [-0.2, 0) is 6.42 Å². The van der Waals surface area contributed by atoms with Gasteiger partial charge in [-0.25, -0.2) is 0 Å². The van der Waals surface area contributed by atoms with Crippen molar-refractivity contribution < 1.29 is 4.79 Å². The maximum atomic E-state index is 12.1. The standard InChI is InChI=1S/C17H20N2O/c1-12(2)11-13-3-5-14(6-4-13)17(20)19-16-9-7-15(18)8-10-16/h3-10,12H,11,18H2,1-2H3,(H,19,20). The van der Waals surface area contributed by atoms with Crippen LogP contribution in [0.25, 0.3) is 0 Å². The molecule has 0 unspecified atom stereocenters. The molecule has 0 spiro atoms. The van der Waals surface area contributed by atoms with Gasteiger partial charge in [0, 0.05) is 16.9 Å². The minimum atomic E-state index is -0.106. The first-order valence-corrected chi connectivity index (χ1v) is 6.80. The number of nitrogens with one attached hydrogen (secondary N) is 1. The lowest BCUT2D eigenvalue weighted by atomic mass is 10.0. The number of nitrogen functional groups attached to an aromatic ring is 1. The van der Waals surface area contributed by atoms with Crippen molar-refractivity contribution in [2.45, 2.75) is 20.3 Å². The Morgan fingerprint density at radius 1 is 1.05 bits per heavy atom. The highest BCUT2D eigenvalue weighted by Crippen LogP contribution is 2.14. The zero-order valence-corrected chi connectivity index (χ0v) is 11.9. The van der Waals surface area contributed by atoms with Gasteiger partial charge in [-0.15, -0.1) is 0 Å². The average Bonchev–Trinajstić information content (AvgIpc) is 2.41. The van der Waals surface area contributed by atoms with Crippen molar-refractivity contribution in [1.29, 1.82) is 0 Å². The smallest absolute Gasteiger partial charge is 0.255 e. The summed E-state index contributed by atoms with van der Waals surface area (Å²) in [5, 5.41) is 2.85. The Morgan fingerprint density at radius 2 is 1.65 bits per heavy atom. The van der Waals surface area contributed by atoms with Gasteiger partial charge in [0.25, 0.3) is 5.91 Å². The molecule has 0 heterocycles. The van der Waals surface area contributed by atoms with Gasteiger partial charge in [-0.1, -0.05) is 26.0 Å². The molecule has 0 aliphatic carbocycles. The molecule has 2 rings (SSSR count). The maximum absolute atomic E-state index is 12.1. The number of benzene rings is 2. The zero-order chi connectivity index (χ0) is 14.5. The van der Waals surface area contributed by atoms with Crippen LogP contribution in [0.15, 0.2) is 48.5 Å². The highest BCUT2D eigenvalue weighted by molar-refractivity contribution is 6.04. The number of hydrogen-bond donors (Lipinski definition) is 2. The van der Waals surface area contributed by atoms with E-state index < -0.39 is 0 Å². The first-order valence-electron chi connectivity index (χ1n) is 6.80. The second kappa shape index (κ2) is 6.24. The fourth-order valence-electron chi connectivity index (χ4n) is 2.03. The molecule has 0 saturated carbocycles. The van der Waals surface area contributed by atoms with Gasteiger partial charge in [-0.05, 0) is 54.3 Å². The van der Waals surface area contributed by atoms with E-state index in [4.69, 9.17) is 5.73 Å². The van der Waals surface area contributed by atoms with Crippen LogP contribution in [0.5, 0.6) is 0 Å². The molecule has 20 heavy (non-hydrogen) atoms. The largest absolute Gasteiger partial charge is 0.399 e. The van der Waals surface area contributed by atoms with Crippen LogP contribution in [0.4, 0.5) is 11.4 Å². The molecule has 3 heteroatoms. The molecule has 3 N–H and O–H groups in total. The number of anilines is 2. The van der Waals surface area contributed by atoms with Crippen molar-refractivity contribution in [3.05, 3.63) is 59.7 Å². The highest BCUT2D eigenvalue weighted by atomic mass is 16.1. The van der Waals surface area contributed by atoms with E-state index >= 15 is 0 Å². The predicted octanol–water partition coefficient (Wildman–Crippen LogP) is 3.72. The van der Waals surface area contributed by atoms with Crippen LogP contribution in [-0.4, -0.2) is 5.91 Å².